The van der Waals surface area contributed by atoms with Gasteiger partial charge in [0.15, 0.2) is 5.82 Å². The molecule has 0 aromatic carbocycles. The minimum absolute atomic E-state index is 0.0161. The minimum atomic E-state index is -4.86. The van der Waals surface area contributed by atoms with Crippen LogP contribution in [0.1, 0.15) is 30.9 Å². The minimum Gasteiger partial charge on any atom is -0.381 e. The number of aryl methyl sites for hydroxylation is 1. The van der Waals surface area contributed by atoms with Gasteiger partial charge >= 0.3 is 12.4 Å². The largest absolute Gasteiger partial charge is 0.423 e. The van der Waals surface area contributed by atoms with Crippen molar-refractivity contribution >= 4 is 16.6 Å². The first-order valence-corrected chi connectivity index (χ1v) is 11.1. The molecule has 4 aromatic rings. The average molecular weight is 539 g/mol. The predicted octanol–water partition coefficient (Wildman–Crippen LogP) is 4.26. The summed E-state index contributed by atoms with van der Waals surface area (Å²) in [7, 11) is 0. The number of anilines is 1. The first kappa shape index (κ1) is 26.8. The highest BCUT2D eigenvalue weighted by molar-refractivity contribution is 5.81. The second-order valence-corrected chi connectivity index (χ2v) is 8.44. The number of nitrogens with one attached hydrogen (secondary N) is 2. The Morgan fingerprint density at radius 1 is 1.00 bits per heavy atom. The van der Waals surface area contributed by atoms with Gasteiger partial charge in [-0.15, -0.1) is 0 Å². The summed E-state index contributed by atoms with van der Waals surface area (Å²) in [6.07, 6.45) is -3.62. The van der Waals surface area contributed by atoms with E-state index in [4.69, 9.17) is 0 Å². The molecule has 4 rings (SSSR count). The third-order valence-electron chi connectivity index (χ3n) is 5.63. The normalized spacial score (nSPS) is 13.0. The molecule has 0 saturated heterocycles. The van der Waals surface area contributed by atoms with Crippen molar-refractivity contribution in [1.29, 1.82) is 0 Å². The van der Waals surface area contributed by atoms with Crippen molar-refractivity contribution in [1.82, 2.24) is 29.7 Å². The number of halogens is 6. The van der Waals surface area contributed by atoms with Crippen LogP contribution in [0.3, 0.4) is 0 Å². The SMILES string of the molecule is C[C@@H](CCCn1ccc2cc(-c3ncc(C(F)(F)F)cn3)cnc2c1=O)Nc1cn[nH]c(=O)c1C(F)(F)F. The number of H-pyrrole nitrogens is 1. The standard InChI is InChI=1S/C23H19F6N7O2/c1-12(34-16-11-33-35-20(37)17(16)23(27,28)29)3-2-5-36-6-4-13-7-14(8-30-18(13)21(36)38)19-31-9-15(10-32-19)22(24,25)26/h4,6-12H,2-3,5H2,1H3,(H2,34,35,37)/t12-/m0/s1. The van der Waals surface area contributed by atoms with Gasteiger partial charge in [0, 0.05) is 48.3 Å². The molecular formula is C23H19F6N7O2. The van der Waals surface area contributed by atoms with E-state index in [1.165, 1.54) is 23.0 Å². The number of pyridine rings is 2. The number of alkyl halides is 6. The Bertz CT molecular complexity index is 1560. The Hall–Kier alpha value is -4.30. The third kappa shape index (κ3) is 5.81. The number of fused-ring (bicyclic) bond motifs is 1. The molecule has 2 N–H and O–H groups in total. The van der Waals surface area contributed by atoms with Gasteiger partial charge < -0.3 is 9.88 Å². The fourth-order valence-electron chi connectivity index (χ4n) is 3.78. The fourth-order valence-corrected chi connectivity index (χ4v) is 3.78. The Labute approximate surface area is 209 Å². The van der Waals surface area contributed by atoms with Crippen LogP contribution in [-0.4, -0.2) is 35.8 Å². The molecule has 15 heteroatoms. The van der Waals surface area contributed by atoms with Crippen LogP contribution < -0.4 is 16.4 Å². The predicted molar refractivity (Wildman–Crippen MR) is 124 cm³/mol. The summed E-state index contributed by atoms with van der Waals surface area (Å²) in [4.78, 5) is 36.0. The molecular weight excluding hydrogens is 520 g/mol. The molecule has 0 amide bonds. The van der Waals surface area contributed by atoms with Crippen molar-refractivity contribution in [3.8, 4) is 11.4 Å². The molecule has 0 unspecified atom stereocenters. The number of hydrogen-bond acceptors (Lipinski definition) is 7. The highest BCUT2D eigenvalue weighted by atomic mass is 19.4. The average Bonchev–Trinajstić information content (AvgIpc) is 2.84. The zero-order valence-electron chi connectivity index (χ0n) is 19.6. The summed E-state index contributed by atoms with van der Waals surface area (Å²) in [6.45, 7) is 1.88. The van der Waals surface area contributed by atoms with Crippen LogP contribution in [0.4, 0.5) is 32.0 Å². The van der Waals surface area contributed by atoms with Crippen LogP contribution in [0.2, 0.25) is 0 Å². The van der Waals surface area contributed by atoms with Gasteiger partial charge in [0.1, 0.15) is 11.1 Å². The van der Waals surface area contributed by atoms with E-state index in [1.54, 1.807) is 18.1 Å². The van der Waals surface area contributed by atoms with Crippen molar-refractivity contribution in [2.24, 2.45) is 0 Å². The van der Waals surface area contributed by atoms with Crippen molar-refractivity contribution < 1.29 is 26.3 Å². The van der Waals surface area contributed by atoms with Crippen molar-refractivity contribution in [2.45, 2.75) is 44.7 Å². The van der Waals surface area contributed by atoms with Crippen molar-refractivity contribution in [3.63, 3.8) is 0 Å². The lowest BCUT2D eigenvalue weighted by Crippen LogP contribution is -2.27. The Kier molecular flexibility index (Phi) is 7.20. The summed E-state index contributed by atoms with van der Waals surface area (Å²) in [5, 5.41) is 8.26. The lowest BCUT2D eigenvalue weighted by Gasteiger charge is -2.18. The van der Waals surface area contributed by atoms with E-state index < -0.39 is 46.3 Å². The van der Waals surface area contributed by atoms with Gasteiger partial charge in [-0.25, -0.2) is 20.1 Å². The van der Waals surface area contributed by atoms with E-state index >= 15 is 0 Å². The van der Waals surface area contributed by atoms with Gasteiger partial charge in [0.2, 0.25) is 0 Å². The molecule has 0 aliphatic carbocycles. The van der Waals surface area contributed by atoms with E-state index in [-0.39, 0.29) is 17.9 Å². The van der Waals surface area contributed by atoms with Crippen LogP contribution in [-0.2, 0) is 18.9 Å². The molecule has 0 aliphatic heterocycles. The molecule has 1 atom stereocenters. The number of nitrogens with zero attached hydrogens (tertiary/aromatic N) is 5. The number of aromatic nitrogens is 6. The molecule has 0 radical (unpaired) electrons. The Balaban J connectivity index is 1.43. The molecule has 38 heavy (non-hydrogen) atoms. The smallest absolute Gasteiger partial charge is 0.381 e. The first-order chi connectivity index (χ1) is 17.8. The molecule has 4 aromatic heterocycles. The zero-order chi connectivity index (χ0) is 27.7. The summed E-state index contributed by atoms with van der Waals surface area (Å²) in [6, 6.07) is 2.67. The van der Waals surface area contributed by atoms with Gasteiger partial charge in [0.25, 0.3) is 11.1 Å². The molecule has 0 fully saturated rings. The first-order valence-electron chi connectivity index (χ1n) is 11.1. The lowest BCUT2D eigenvalue weighted by molar-refractivity contribution is -0.139. The van der Waals surface area contributed by atoms with Crippen molar-refractivity contribution in [2.75, 3.05) is 5.32 Å². The monoisotopic (exact) mass is 539 g/mol. The number of aromatic amines is 1. The molecule has 0 spiro atoms. The van der Waals surface area contributed by atoms with E-state index in [1.807, 2.05) is 0 Å². The van der Waals surface area contributed by atoms with E-state index in [0.29, 0.717) is 36.2 Å². The lowest BCUT2D eigenvalue weighted by atomic mass is 10.1. The maximum Gasteiger partial charge on any atom is 0.423 e. The van der Waals surface area contributed by atoms with E-state index in [0.717, 1.165) is 6.20 Å². The molecule has 0 saturated carbocycles. The molecule has 0 aliphatic rings. The highest BCUT2D eigenvalue weighted by Gasteiger charge is 2.37. The van der Waals surface area contributed by atoms with Gasteiger partial charge in [-0.3, -0.25) is 9.59 Å². The van der Waals surface area contributed by atoms with Crippen LogP contribution in [0.5, 0.6) is 0 Å². The number of hydrogen-bond donors (Lipinski definition) is 2. The quantitative estimate of drug-likeness (QED) is 0.337. The van der Waals surface area contributed by atoms with Crippen LogP contribution in [0, 0.1) is 0 Å². The second-order valence-electron chi connectivity index (χ2n) is 8.44. The molecule has 0 bridgehead atoms. The van der Waals surface area contributed by atoms with E-state index in [9.17, 15) is 35.9 Å². The highest BCUT2D eigenvalue weighted by Crippen LogP contribution is 2.32. The maximum atomic E-state index is 13.2. The second kappa shape index (κ2) is 10.2. The van der Waals surface area contributed by atoms with Crippen LogP contribution in [0.25, 0.3) is 22.3 Å². The fraction of sp³-hybridized carbons (Fsp3) is 0.304. The zero-order valence-corrected chi connectivity index (χ0v) is 19.6. The Morgan fingerprint density at radius 2 is 1.71 bits per heavy atom. The van der Waals surface area contributed by atoms with Gasteiger partial charge in [0.05, 0.1) is 17.4 Å². The maximum absolute atomic E-state index is 13.2. The van der Waals surface area contributed by atoms with Gasteiger partial charge in [-0.2, -0.15) is 31.4 Å². The van der Waals surface area contributed by atoms with E-state index in [2.05, 4.69) is 25.4 Å². The summed E-state index contributed by atoms with van der Waals surface area (Å²) in [5.41, 5.74) is -4.10. The van der Waals surface area contributed by atoms with Crippen LogP contribution >= 0.6 is 0 Å². The summed E-state index contributed by atoms with van der Waals surface area (Å²) >= 11 is 0. The molecule has 200 valence electrons. The van der Waals surface area contributed by atoms with Gasteiger partial charge in [-0.1, -0.05) is 0 Å². The number of rotatable bonds is 7. The summed E-state index contributed by atoms with van der Waals surface area (Å²) < 4.78 is 79.2. The third-order valence-corrected chi connectivity index (χ3v) is 5.63. The Morgan fingerprint density at radius 3 is 2.37 bits per heavy atom. The van der Waals surface area contributed by atoms with Gasteiger partial charge in [-0.05, 0) is 31.9 Å². The van der Waals surface area contributed by atoms with Crippen LogP contribution in [0.15, 0.2) is 52.7 Å². The molecule has 9 nitrogen and oxygen atoms in total. The van der Waals surface area contributed by atoms with Crippen molar-refractivity contribution in [3.05, 3.63) is 75.0 Å². The summed E-state index contributed by atoms with van der Waals surface area (Å²) in [5.74, 6) is 0.0161. The topological polar surface area (TPSA) is 118 Å². The molecule has 4 heterocycles.